The molecule has 0 spiro atoms. The normalized spacial score (nSPS) is 13.2. The predicted molar refractivity (Wildman–Crippen MR) is 166 cm³/mol. The Morgan fingerprint density at radius 3 is 2.23 bits per heavy atom. The fraction of sp³-hybridized carbons (Fsp3) is 0.394. The Morgan fingerprint density at radius 2 is 1.61 bits per heavy atom. The van der Waals surface area contributed by atoms with Gasteiger partial charge >= 0.3 is 6.18 Å². The van der Waals surface area contributed by atoms with Gasteiger partial charge in [0.05, 0.1) is 17.5 Å². The van der Waals surface area contributed by atoms with Crippen LogP contribution < -0.4 is 9.62 Å². The van der Waals surface area contributed by atoms with Crippen LogP contribution in [0.15, 0.2) is 78.9 Å². The molecule has 0 aliphatic heterocycles. The van der Waals surface area contributed by atoms with Gasteiger partial charge in [-0.25, -0.2) is 8.42 Å². The van der Waals surface area contributed by atoms with E-state index in [-0.39, 0.29) is 55.9 Å². The lowest BCUT2D eigenvalue weighted by Gasteiger charge is -2.33. The lowest BCUT2D eigenvalue weighted by atomic mass is 10.0. The van der Waals surface area contributed by atoms with Gasteiger partial charge in [0.1, 0.15) is 6.04 Å². The summed E-state index contributed by atoms with van der Waals surface area (Å²) < 4.78 is 66.1. The van der Waals surface area contributed by atoms with E-state index < -0.39 is 27.8 Å². The number of hydrogen-bond acceptors (Lipinski definition) is 4. The number of carbonyl (C=O) groups excluding carboxylic acids is 2. The topological polar surface area (TPSA) is 86.8 Å². The van der Waals surface area contributed by atoms with Crippen molar-refractivity contribution in [2.24, 2.45) is 0 Å². The molecule has 0 saturated carbocycles. The number of sulfonamides is 1. The molecule has 0 radical (unpaired) electrons. The molecule has 0 fully saturated rings. The number of amides is 2. The maximum atomic E-state index is 13.9. The highest BCUT2D eigenvalue weighted by atomic mass is 32.2. The van der Waals surface area contributed by atoms with Crippen molar-refractivity contribution in [3.05, 3.63) is 101 Å². The molecule has 3 aromatic rings. The third kappa shape index (κ3) is 9.83. The van der Waals surface area contributed by atoms with E-state index >= 15 is 0 Å². The molecule has 1 N–H and O–H groups in total. The molecule has 238 valence electrons. The maximum Gasteiger partial charge on any atom is 0.416 e. The third-order valence-electron chi connectivity index (χ3n) is 7.49. The summed E-state index contributed by atoms with van der Waals surface area (Å²) in [6, 6.07) is 20.0. The van der Waals surface area contributed by atoms with E-state index in [2.05, 4.69) is 5.32 Å². The summed E-state index contributed by atoms with van der Waals surface area (Å²) >= 11 is 0. The first kappa shape index (κ1) is 34.6. The lowest BCUT2D eigenvalue weighted by molar-refractivity contribution is -0.141. The molecule has 0 heterocycles. The number of nitrogens with one attached hydrogen (secondary N) is 1. The van der Waals surface area contributed by atoms with E-state index in [0.29, 0.717) is 6.42 Å². The van der Waals surface area contributed by atoms with Crippen LogP contribution in [0.1, 0.15) is 55.4 Å². The number of nitrogens with zero attached hydrogens (tertiary/aromatic N) is 2. The molecule has 2 amide bonds. The van der Waals surface area contributed by atoms with Crippen molar-refractivity contribution < 1.29 is 31.2 Å². The summed E-state index contributed by atoms with van der Waals surface area (Å²) in [6.07, 6.45) is -2.87. The van der Waals surface area contributed by atoms with Gasteiger partial charge in [-0.2, -0.15) is 13.2 Å². The van der Waals surface area contributed by atoms with Crippen LogP contribution in [0.25, 0.3) is 0 Å². The average molecular weight is 632 g/mol. The summed E-state index contributed by atoms with van der Waals surface area (Å²) in [4.78, 5) is 29.1. The van der Waals surface area contributed by atoms with Gasteiger partial charge in [0.25, 0.3) is 0 Å². The van der Waals surface area contributed by atoms with Crippen LogP contribution in [0.3, 0.4) is 0 Å². The molecule has 0 aromatic heterocycles. The highest BCUT2D eigenvalue weighted by Crippen LogP contribution is 2.32. The maximum absolute atomic E-state index is 13.9. The summed E-state index contributed by atoms with van der Waals surface area (Å²) in [6.45, 7) is 5.69. The van der Waals surface area contributed by atoms with Crippen LogP contribution in [0.2, 0.25) is 0 Å². The van der Waals surface area contributed by atoms with Crippen molar-refractivity contribution in [3.8, 4) is 0 Å². The Labute approximate surface area is 258 Å². The number of halogens is 3. The number of anilines is 1. The Kier molecular flexibility index (Phi) is 12.0. The van der Waals surface area contributed by atoms with Gasteiger partial charge < -0.3 is 10.2 Å². The van der Waals surface area contributed by atoms with Gasteiger partial charge in [-0.15, -0.1) is 0 Å². The minimum Gasteiger partial charge on any atom is -0.352 e. The average Bonchev–Trinajstić information content (AvgIpc) is 2.97. The molecule has 0 aliphatic carbocycles. The number of benzene rings is 3. The molecule has 3 aromatic carbocycles. The van der Waals surface area contributed by atoms with E-state index in [9.17, 15) is 31.2 Å². The molecule has 11 heteroatoms. The van der Waals surface area contributed by atoms with Crippen molar-refractivity contribution in [2.75, 3.05) is 17.1 Å². The second kappa shape index (κ2) is 15.2. The first-order valence-corrected chi connectivity index (χ1v) is 16.4. The van der Waals surface area contributed by atoms with Gasteiger partial charge in [-0.05, 0) is 61.6 Å². The van der Waals surface area contributed by atoms with Crippen molar-refractivity contribution in [2.45, 2.75) is 71.3 Å². The molecule has 44 heavy (non-hydrogen) atoms. The van der Waals surface area contributed by atoms with Crippen LogP contribution in [0.5, 0.6) is 0 Å². The number of aryl methyl sites for hydroxylation is 1. The van der Waals surface area contributed by atoms with Gasteiger partial charge in [0, 0.05) is 32.0 Å². The Morgan fingerprint density at radius 1 is 0.955 bits per heavy atom. The van der Waals surface area contributed by atoms with E-state index in [1.165, 1.54) is 11.0 Å². The first-order chi connectivity index (χ1) is 20.7. The fourth-order valence-electron chi connectivity index (χ4n) is 4.81. The molecule has 2 atom stereocenters. The quantitative estimate of drug-likeness (QED) is 0.233. The molecule has 0 saturated heterocycles. The lowest BCUT2D eigenvalue weighted by Crippen LogP contribution is -2.52. The van der Waals surface area contributed by atoms with E-state index in [1.807, 2.05) is 75.4 Å². The zero-order chi connectivity index (χ0) is 32.5. The molecule has 2 unspecified atom stereocenters. The highest BCUT2D eigenvalue weighted by molar-refractivity contribution is 7.92. The number of alkyl halides is 3. The number of rotatable bonds is 14. The molecule has 0 bridgehead atoms. The number of carbonyl (C=O) groups is 2. The molecular formula is C33H40F3N3O4S. The summed E-state index contributed by atoms with van der Waals surface area (Å²) in [5.41, 5.74) is 1.56. The smallest absolute Gasteiger partial charge is 0.352 e. The zero-order valence-electron chi connectivity index (χ0n) is 25.5. The summed E-state index contributed by atoms with van der Waals surface area (Å²) in [5.74, 6) is -0.669. The molecule has 3 rings (SSSR count). The second-order valence-electron chi connectivity index (χ2n) is 11.0. The minimum atomic E-state index is -4.64. The Balaban J connectivity index is 1.91. The van der Waals surface area contributed by atoms with E-state index in [1.54, 1.807) is 0 Å². The third-order valence-corrected chi connectivity index (χ3v) is 8.68. The van der Waals surface area contributed by atoms with Crippen molar-refractivity contribution in [3.63, 3.8) is 0 Å². The van der Waals surface area contributed by atoms with Crippen molar-refractivity contribution in [1.82, 2.24) is 10.2 Å². The highest BCUT2D eigenvalue weighted by Gasteiger charge is 2.33. The van der Waals surface area contributed by atoms with Gasteiger partial charge in [0.15, 0.2) is 0 Å². The zero-order valence-corrected chi connectivity index (χ0v) is 26.3. The summed E-state index contributed by atoms with van der Waals surface area (Å²) in [7, 11) is -3.96. The first-order valence-electron chi connectivity index (χ1n) is 14.5. The Bertz CT molecular complexity index is 1510. The van der Waals surface area contributed by atoms with E-state index in [4.69, 9.17) is 0 Å². The molecule has 0 aliphatic rings. The summed E-state index contributed by atoms with van der Waals surface area (Å²) in [5, 5.41) is 3.01. The number of hydrogen-bond donors (Lipinski definition) is 1. The van der Waals surface area contributed by atoms with Crippen LogP contribution in [0.4, 0.5) is 18.9 Å². The molecule has 7 nitrogen and oxygen atoms in total. The predicted octanol–water partition coefficient (Wildman–Crippen LogP) is 6.11. The molecular weight excluding hydrogens is 591 g/mol. The van der Waals surface area contributed by atoms with Gasteiger partial charge in [0.2, 0.25) is 21.8 Å². The van der Waals surface area contributed by atoms with Crippen molar-refractivity contribution >= 4 is 27.5 Å². The second-order valence-corrected chi connectivity index (χ2v) is 12.9. The monoisotopic (exact) mass is 631 g/mol. The Hall–Kier alpha value is -3.86. The van der Waals surface area contributed by atoms with Crippen LogP contribution in [0, 0.1) is 6.92 Å². The fourth-order valence-corrected chi connectivity index (χ4v) is 5.76. The standard InChI is InChI=1S/C33H40F3N3O4S/c1-5-25(3)37-32(41)30(21-26-14-7-6-8-15-26)38(23-27-16-10-9-13-24(27)2)31(40)19-12-20-39(44(4,42)43)29-18-11-17-28(22-29)33(34,35)36/h6-11,13-18,22,25,30H,5,12,19-21,23H2,1-4H3,(H,37,41). The largest absolute Gasteiger partial charge is 0.416 e. The van der Waals surface area contributed by atoms with Crippen molar-refractivity contribution in [1.29, 1.82) is 0 Å². The SMILES string of the molecule is CCC(C)NC(=O)C(Cc1ccccc1)N(Cc1ccccc1C)C(=O)CCCN(c1cccc(C(F)(F)F)c1)S(C)(=O)=O. The minimum absolute atomic E-state index is 0.0253. The van der Waals surface area contributed by atoms with Crippen LogP contribution in [-0.2, 0) is 38.8 Å². The van der Waals surface area contributed by atoms with Gasteiger partial charge in [-0.3, -0.25) is 13.9 Å². The van der Waals surface area contributed by atoms with Gasteiger partial charge in [-0.1, -0.05) is 67.6 Å². The van der Waals surface area contributed by atoms with Crippen LogP contribution in [-0.4, -0.2) is 50.0 Å². The van der Waals surface area contributed by atoms with E-state index in [0.717, 1.165) is 45.5 Å². The van der Waals surface area contributed by atoms with Crippen LogP contribution >= 0.6 is 0 Å².